The fourth-order valence-corrected chi connectivity index (χ4v) is 2.62. The maximum atomic E-state index is 11.7. The number of ether oxygens (including phenoxy) is 1. The summed E-state index contributed by atoms with van der Waals surface area (Å²) in [4.78, 5) is 27.3. The quantitative estimate of drug-likeness (QED) is 0.834. The molecule has 2 heterocycles. The Morgan fingerprint density at radius 1 is 1.26 bits per heavy atom. The van der Waals surface area contributed by atoms with E-state index in [1.165, 1.54) is 11.8 Å². The number of hydrogen-bond acceptors (Lipinski definition) is 7. The fraction of sp³-hybridized carbons (Fsp3) is 0.286. The topological polar surface area (TPSA) is 120 Å². The van der Waals surface area contributed by atoms with E-state index in [1.54, 1.807) is 31.2 Å². The first-order valence-electron chi connectivity index (χ1n) is 6.77. The van der Waals surface area contributed by atoms with E-state index in [-0.39, 0.29) is 5.95 Å². The van der Waals surface area contributed by atoms with Gasteiger partial charge in [-0.15, -0.1) is 0 Å². The van der Waals surface area contributed by atoms with E-state index in [1.807, 2.05) is 0 Å². The molecule has 0 bridgehead atoms. The molecule has 0 aliphatic carbocycles. The number of benzene rings is 1. The summed E-state index contributed by atoms with van der Waals surface area (Å²) in [7, 11) is 1.30. The van der Waals surface area contributed by atoms with Crippen LogP contribution in [0.3, 0.4) is 0 Å². The van der Waals surface area contributed by atoms with Crippen molar-refractivity contribution in [1.29, 1.82) is 0 Å². The minimum atomic E-state index is -1.02. The van der Waals surface area contributed by atoms with Gasteiger partial charge in [0.15, 0.2) is 0 Å². The minimum absolute atomic E-state index is 0.252. The van der Waals surface area contributed by atoms with Crippen LogP contribution >= 0.6 is 0 Å². The largest absolute Gasteiger partial charge is 0.481 e. The zero-order valence-corrected chi connectivity index (χ0v) is 12.4. The molecule has 23 heavy (non-hydrogen) atoms. The number of carbonyl (C=O) groups excluding carboxylic acids is 1. The maximum Gasteiger partial charge on any atom is 0.337 e. The van der Waals surface area contributed by atoms with Gasteiger partial charge >= 0.3 is 11.9 Å². The molecule has 0 spiro atoms. The van der Waals surface area contributed by atoms with Gasteiger partial charge in [-0.1, -0.05) is 17.2 Å². The van der Waals surface area contributed by atoms with E-state index in [2.05, 4.69) is 25.3 Å². The Morgan fingerprint density at radius 3 is 2.57 bits per heavy atom. The van der Waals surface area contributed by atoms with Crippen LogP contribution in [0.5, 0.6) is 0 Å². The third kappa shape index (κ3) is 2.45. The van der Waals surface area contributed by atoms with Gasteiger partial charge in [0.05, 0.1) is 12.7 Å². The first kappa shape index (κ1) is 14.8. The molecular formula is C14H13N5O4. The highest BCUT2D eigenvalue weighted by Gasteiger charge is 2.39. The smallest absolute Gasteiger partial charge is 0.337 e. The molecule has 2 atom stereocenters. The van der Waals surface area contributed by atoms with Gasteiger partial charge in [-0.2, -0.15) is 0 Å². The maximum absolute atomic E-state index is 11.7. The highest BCUT2D eigenvalue weighted by Crippen LogP contribution is 2.34. The lowest BCUT2D eigenvalue weighted by molar-refractivity contribution is -0.140. The van der Waals surface area contributed by atoms with Crippen LogP contribution in [0.4, 0.5) is 5.95 Å². The molecule has 1 aromatic carbocycles. The first-order chi connectivity index (χ1) is 11.0. The van der Waals surface area contributed by atoms with Crippen LogP contribution in [-0.2, 0) is 9.53 Å². The van der Waals surface area contributed by atoms with Crippen molar-refractivity contribution in [3.05, 3.63) is 35.4 Å². The Bertz CT molecular complexity index is 796. The number of carbonyl (C=O) groups is 2. The van der Waals surface area contributed by atoms with Crippen molar-refractivity contribution in [3.63, 3.8) is 0 Å². The molecule has 0 amide bonds. The number of aromatic nitrogens is 4. The van der Waals surface area contributed by atoms with E-state index < -0.39 is 23.9 Å². The Hall–Kier alpha value is -3.10. The number of carboxylic acid groups (broad SMARTS) is 1. The predicted octanol–water partition coefficient (Wildman–Crippen LogP) is 0.856. The Morgan fingerprint density at radius 2 is 1.96 bits per heavy atom. The van der Waals surface area contributed by atoms with Crippen molar-refractivity contribution in [2.75, 3.05) is 7.11 Å². The number of carboxylic acids is 1. The third-order valence-electron chi connectivity index (χ3n) is 3.72. The van der Waals surface area contributed by atoms with Gasteiger partial charge < -0.3 is 9.84 Å². The van der Waals surface area contributed by atoms with Crippen molar-refractivity contribution in [2.45, 2.75) is 13.0 Å². The number of nitrogens with zero attached hydrogens (tertiary/aromatic N) is 5. The molecule has 1 aromatic heterocycles. The molecule has 0 saturated carbocycles. The summed E-state index contributed by atoms with van der Waals surface area (Å²) in [5.74, 6) is -2.12. The lowest BCUT2D eigenvalue weighted by atomic mass is 9.88. The average molecular weight is 315 g/mol. The summed E-state index contributed by atoms with van der Waals surface area (Å²) in [5, 5.41) is 20.7. The number of methoxy groups -OCH3 is 1. The number of hydrogen-bond donors (Lipinski definition) is 1. The molecule has 1 aliphatic rings. The van der Waals surface area contributed by atoms with Crippen molar-refractivity contribution in [1.82, 2.24) is 20.2 Å². The summed E-state index contributed by atoms with van der Waals surface area (Å²) >= 11 is 0. The van der Waals surface area contributed by atoms with Crippen LogP contribution in [0.1, 0.15) is 28.9 Å². The zero-order chi connectivity index (χ0) is 16.6. The number of fused-ring (bicyclic) bond motifs is 1. The SMILES string of the molecule is COC(=O)c1ccc(C2C(C(=O)O)C(C)=Nc3nnnn32)cc1. The molecule has 9 heteroatoms. The standard InChI is InChI=1S/C14H13N5O4/c1-7-10(12(20)21)11(19-14(15-7)16-17-18-19)8-3-5-9(6-4-8)13(22)23-2/h3-6,10-11H,1-2H3,(H,20,21). The van der Waals surface area contributed by atoms with Crippen molar-refractivity contribution < 1.29 is 19.4 Å². The summed E-state index contributed by atoms with van der Waals surface area (Å²) in [5.41, 5.74) is 1.45. The summed E-state index contributed by atoms with van der Waals surface area (Å²) in [6.45, 7) is 1.63. The first-order valence-corrected chi connectivity index (χ1v) is 6.77. The Balaban J connectivity index is 2.07. The number of aliphatic carboxylic acids is 1. The molecule has 118 valence electrons. The van der Waals surface area contributed by atoms with E-state index >= 15 is 0 Å². The number of esters is 1. The molecule has 9 nitrogen and oxygen atoms in total. The van der Waals surface area contributed by atoms with Gasteiger partial charge in [0.1, 0.15) is 12.0 Å². The van der Waals surface area contributed by atoms with Crippen molar-refractivity contribution >= 4 is 23.6 Å². The third-order valence-corrected chi connectivity index (χ3v) is 3.72. The molecule has 0 saturated heterocycles. The number of tetrazole rings is 1. The van der Waals surface area contributed by atoms with Gasteiger partial charge in [0.2, 0.25) is 0 Å². The molecule has 3 rings (SSSR count). The van der Waals surface area contributed by atoms with E-state index in [0.717, 1.165) is 0 Å². The van der Waals surface area contributed by atoms with Gasteiger partial charge in [-0.3, -0.25) is 4.79 Å². The van der Waals surface area contributed by atoms with Crippen LogP contribution in [-0.4, -0.2) is 50.1 Å². The molecule has 2 unspecified atom stereocenters. The minimum Gasteiger partial charge on any atom is -0.481 e. The highest BCUT2D eigenvalue weighted by molar-refractivity contribution is 6.02. The van der Waals surface area contributed by atoms with E-state index in [9.17, 15) is 14.7 Å². The summed E-state index contributed by atoms with van der Waals surface area (Å²) in [6, 6.07) is 5.84. The Kier molecular flexibility index (Phi) is 3.61. The van der Waals surface area contributed by atoms with Crippen LogP contribution in [0.15, 0.2) is 29.3 Å². The lowest BCUT2D eigenvalue weighted by Crippen LogP contribution is -2.35. The van der Waals surface area contributed by atoms with Crippen LogP contribution in [0, 0.1) is 5.92 Å². The van der Waals surface area contributed by atoms with Crippen LogP contribution in [0.25, 0.3) is 0 Å². The summed E-state index contributed by atoms with van der Waals surface area (Å²) < 4.78 is 6.03. The van der Waals surface area contributed by atoms with Gasteiger partial charge in [-0.25, -0.2) is 14.5 Å². The fourth-order valence-electron chi connectivity index (χ4n) is 2.62. The highest BCUT2D eigenvalue weighted by atomic mass is 16.5. The number of rotatable bonds is 3. The van der Waals surface area contributed by atoms with Crippen molar-refractivity contribution in [3.8, 4) is 0 Å². The van der Waals surface area contributed by atoms with Gasteiger partial charge in [0.25, 0.3) is 5.95 Å². The van der Waals surface area contributed by atoms with Crippen LogP contribution < -0.4 is 0 Å². The second-order valence-electron chi connectivity index (χ2n) is 5.05. The lowest BCUT2D eigenvalue weighted by Gasteiger charge is -2.27. The van der Waals surface area contributed by atoms with Gasteiger partial charge in [0, 0.05) is 5.71 Å². The summed E-state index contributed by atoms with van der Waals surface area (Å²) in [6.07, 6.45) is 0. The second kappa shape index (κ2) is 5.59. The molecular weight excluding hydrogens is 302 g/mol. The number of aliphatic imine (C=N–C) groups is 1. The van der Waals surface area contributed by atoms with E-state index in [0.29, 0.717) is 16.8 Å². The predicted molar refractivity (Wildman–Crippen MR) is 77.6 cm³/mol. The van der Waals surface area contributed by atoms with Gasteiger partial charge in [-0.05, 0) is 35.0 Å². The molecule has 1 N–H and O–H groups in total. The normalized spacial score (nSPS) is 19.7. The molecule has 1 aliphatic heterocycles. The Labute approximate surface area is 130 Å². The monoisotopic (exact) mass is 315 g/mol. The average Bonchev–Trinajstić information content (AvgIpc) is 3.00. The second-order valence-corrected chi connectivity index (χ2v) is 5.05. The van der Waals surface area contributed by atoms with Crippen LogP contribution in [0.2, 0.25) is 0 Å². The molecule has 0 radical (unpaired) electrons. The molecule has 2 aromatic rings. The van der Waals surface area contributed by atoms with E-state index in [4.69, 9.17) is 0 Å². The van der Waals surface area contributed by atoms with Crippen molar-refractivity contribution in [2.24, 2.45) is 10.9 Å². The zero-order valence-electron chi connectivity index (χ0n) is 12.4. The molecule has 0 fully saturated rings.